The summed E-state index contributed by atoms with van der Waals surface area (Å²) < 4.78 is 1.22. The fraction of sp³-hybridized carbons (Fsp3) is 0.200. The predicted molar refractivity (Wildman–Crippen MR) is 136 cm³/mol. The second-order valence-corrected chi connectivity index (χ2v) is 9.60. The number of nitrogens with one attached hydrogen (secondary N) is 2. The minimum Gasteiger partial charge on any atom is -0.361 e. The summed E-state index contributed by atoms with van der Waals surface area (Å²) in [5, 5.41) is 8.98. The number of nitrogens with zero attached hydrogens (tertiary/aromatic N) is 2. The van der Waals surface area contributed by atoms with Crippen LogP contribution in [0.15, 0.2) is 83.9 Å². The summed E-state index contributed by atoms with van der Waals surface area (Å²) in [5.41, 5.74) is 4.73. The summed E-state index contributed by atoms with van der Waals surface area (Å²) >= 11 is 3.50. The molecule has 1 atom stereocenters. The van der Waals surface area contributed by atoms with E-state index in [0.717, 1.165) is 46.6 Å². The van der Waals surface area contributed by atoms with Crippen molar-refractivity contribution < 1.29 is 0 Å². The topological polar surface area (TPSA) is 49.3 Å². The molecule has 0 radical (unpaired) electrons. The standard InChI is InChI=1S/C25H24N4S2/c1-2-8-19(9-3-1)21-14-16-30-25(28-21)27-20-10-6-7-18(17-20)13-15-26-24-29-22-11-4-5-12-23(22)31-24/h1-12,17,21H,13-16H2,(H,26,29)(H,27,28). The fourth-order valence-corrected chi connectivity index (χ4v) is 5.50. The van der Waals surface area contributed by atoms with Crippen molar-refractivity contribution in [1.29, 1.82) is 0 Å². The van der Waals surface area contributed by atoms with Gasteiger partial charge < -0.3 is 10.6 Å². The van der Waals surface area contributed by atoms with Crippen molar-refractivity contribution >= 4 is 49.3 Å². The average molecular weight is 445 g/mol. The van der Waals surface area contributed by atoms with Crippen LogP contribution in [-0.2, 0) is 6.42 Å². The molecule has 0 spiro atoms. The molecule has 0 bridgehead atoms. The number of hydrogen-bond donors (Lipinski definition) is 2. The quantitative estimate of drug-likeness (QED) is 0.352. The molecule has 0 aliphatic carbocycles. The van der Waals surface area contributed by atoms with Gasteiger partial charge in [-0.15, -0.1) is 0 Å². The zero-order valence-electron chi connectivity index (χ0n) is 17.1. The average Bonchev–Trinajstić information content (AvgIpc) is 3.23. The van der Waals surface area contributed by atoms with Crippen molar-refractivity contribution in [2.75, 3.05) is 22.9 Å². The molecule has 0 fully saturated rings. The Morgan fingerprint density at radius 2 is 1.81 bits per heavy atom. The summed E-state index contributed by atoms with van der Waals surface area (Å²) in [6, 6.07) is 27.7. The van der Waals surface area contributed by atoms with E-state index in [1.807, 2.05) is 6.07 Å². The first-order chi connectivity index (χ1) is 15.3. The Kier molecular flexibility index (Phi) is 6.18. The number of aliphatic imine (C=N–C) groups is 1. The van der Waals surface area contributed by atoms with Crippen molar-refractivity contribution in [3.05, 3.63) is 90.0 Å². The number of thiazole rings is 1. The van der Waals surface area contributed by atoms with Gasteiger partial charge in [0.05, 0.1) is 16.3 Å². The Balaban J connectivity index is 1.20. The van der Waals surface area contributed by atoms with Crippen LogP contribution >= 0.6 is 23.1 Å². The van der Waals surface area contributed by atoms with Gasteiger partial charge in [-0.3, -0.25) is 4.99 Å². The number of anilines is 2. The molecule has 156 valence electrons. The number of fused-ring (bicyclic) bond motifs is 1. The van der Waals surface area contributed by atoms with E-state index in [0.29, 0.717) is 0 Å². The van der Waals surface area contributed by atoms with E-state index < -0.39 is 0 Å². The van der Waals surface area contributed by atoms with E-state index in [4.69, 9.17) is 4.99 Å². The highest BCUT2D eigenvalue weighted by Gasteiger charge is 2.17. The van der Waals surface area contributed by atoms with Crippen molar-refractivity contribution in [3.8, 4) is 0 Å². The third-order valence-electron chi connectivity index (χ3n) is 5.25. The van der Waals surface area contributed by atoms with E-state index in [-0.39, 0.29) is 6.04 Å². The van der Waals surface area contributed by atoms with Gasteiger partial charge in [0.1, 0.15) is 0 Å². The Hall–Kier alpha value is -2.83. The molecule has 31 heavy (non-hydrogen) atoms. The van der Waals surface area contributed by atoms with Gasteiger partial charge in [0.25, 0.3) is 0 Å². The van der Waals surface area contributed by atoms with Gasteiger partial charge in [0, 0.05) is 18.0 Å². The van der Waals surface area contributed by atoms with Crippen LogP contribution in [0, 0.1) is 0 Å². The fourth-order valence-electron chi connectivity index (χ4n) is 3.68. The molecule has 2 N–H and O–H groups in total. The van der Waals surface area contributed by atoms with Crippen molar-refractivity contribution in [2.45, 2.75) is 18.9 Å². The first-order valence-electron chi connectivity index (χ1n) is 10.5. The number of rotatable bonds is 6. The first-order valence-corrected chi connectivity index (χ1v) is 12.3. The van der Waals surface area contributed by atoms with Gasteiger partial charge >= 0.3 is 0 Å². The summed E-state index contributed by atoms with van der Waals surface area (Å²) in [7, 11) is 0. The van der Waals surface area contributed by atoms with E-state index in [9.17, 15) is 0 Å². The molecule has 1 aromatic heterocycles. The molecule has 0 saturated heterocycles. The number of aromatic nitrogens is 1. The van der Waals surface area contributed by atoms with Crippen LogP contribution in [0.5, 0.6) is 0 Å². The van der Waals surface area contributed by atoms with Crippen LogP contribution < -0.4 is 10.6 Å². The zero-order chi connectivity index (χ0) is 20.9. The molecule has 4 nitrogen and oxygen atoms in total. The second kappa shape index (κ2) is 9.54. The molecule has 6 heteroatoms. The summed E-state index contributed by atoms with van der Waals surface area (Å²) in [6.45, 7) is 0.856. The first kappa shape index (κ1) is 20.1. The molecule has 1 aliphatic rings. The van der Waals surface area contributed by atoms with E-state index in [2.05, 4.69) is 88.4 Å². The molecule has 5 rings (SSSR count). The van der Waals surface area contributed by atoms with Crippen molar-refractivity contribution in [3.63, 3.8) is 0 Å². The van der Waals surface area contributed by atoms with Crippen LogP contribution in [-0.4, -0.2) is 22.4 Å². The molecule has 0 amide bonds. The lowest BCUT2D eigenvalue weighted by Crippen LogP contribution is -2.16. The van der Waals surface area contributed by atoms with Crippen LogP contribution in [0.25, 0.3) is 10.2 Å². The maximum Gasteiger partial charge on any atom is 0.183 e. The Bertz CT molecular complexity index is 1150. The highest BCUT2D eigenvalue weighted by Crippen LogP contribution is 2.30. The predicted octanol–water partition coefficient (Wildman–Crippen LogP) is 6.60. The highest BCUT2D eigenvalue weighted by atomic mass is 32.2. The summed E-state index contributed by atoms with van der Waals surface area (Å²) in [5.74, 6) is 1.08. The second-order valence-electron chi connectivity index (χ2n) is 7.49. The van der Waals surface area contributed by atoms with Crippen molar-refractivity contribution in [1.82, 2.24) is 4.98 Å². The van der Waals surface area contributed by atoms with Gasteiger partial charge in [0.2, 0.25) is 0 Å². The summed E-state index contributed by atoms with van der Waals surface area (Å²) in [4.78, 5) is 9.60. The molecule has 4 aromatic rings. The van der Waals surface area contributed by atoms with Gasteiger partial charge in [-0.1, -0.05) is 77.7 Å². The number of amidine groups is 1. The van der Waals surface area contributed by atoms with E-state index in [1.54, 1.807) is 23.1 Å². The molecule has 0 saturated carbocycles. The maximum absolute atomic E-state index is 4.95. The number of para-hydroxylation sites is 1. The highest BCUT2D eigenvalue weighted by molar-refractivity contribution is 8.14. The van der Waals surface area contributed by atoms with Gasteiger partial charge in [-0.05, 0) is 48.2 Å². The Morgan fingerprint density at radius 3 is 2.71 bits per heavy atom. The maximum atomic E-state index is 4.95. The third kappa shape index (κ3) is 5.09. The minimum atomic E-state index is 0.242. The van der Waals surface area contributed by atoms with Crippen LogP contribution in [0.4, 0.5) is 10.8 Å². The molecule has 1 aliphatic heterocycles. The molecule has 3 aromatic carbocycles. The smallest absolute Gasteiger partial charge is 0.183 e. The zero-order valence-corrected chi connectivity index (χ0v) is 18.8. The van der Waals surface area contributed by atoms with Crippen LogP contribution in [0.2, 0.25) is 0 Å². The largest absolute Gasteiger partial charge is 0.361 e. The van der Waals surface area contributed by atoms with Crippen LogP contribution in [0.1, 0.15) is 23.6 Å². The Morgan fingerprint density at radius 1 is 0.935 bits per heavy atom. The SMILES string of the molecule is c1ccc(C2CCSC(Nc3cccc(CCNc4nc5ccccc5s4)c3)=N2)cc1. The number of thioether (sulfide) groups is 1. The normalized spacial score (nSPS) is 16.1. The number of benzene rings is 3. The third-order valence-corrected chi connectivity index (χ3v) is 7.16. The van der Waals surface area contributed by atoms with Gasteiger partial charge in [0.15, 0.2) is 10.3 Å². The lowest BCUT2D eigenvalue weighted by Gasteiger charge is -2.21. The van der Waals surface area contributed by atoms with Crippen molar-refractivity contribution in [2.24, 2.45) is 4.99 Å². The molecular weight excluding hydrogens is 420 g/mol. The van der Waals surface area contributed by atoms with Crippen LogP contribution in [0.3, 0.4) is 0 Å². The van der Waals surface area contributed by atoms with E-state index in [1.165, 1.54) is 15.8 Å². The Labute approximate surface area is 190 Å². The monoisotopic (exact) mass is 444 g/mol. The lowest BCUT2D eigenvalue weighted by molar-refractivity contribution is 0.705. The summed E-state index contributed by atoms with van der Waals surface area (Å²) in [6.07, 6.45) is 2.02. The minimum absolute atomic E-state index is 0.242. The lowest BCUT2D eigenvalue weighted by atomic mass is 10.1. The number of hydrogen-bond acceptors (Lipinski definition) is 6. The van der Waals surface area contributed by atoms with E-state index >= 15 is 0 Å². The van der Waals surface area contributed by atoms with Gasteiger partial charge in [-0.25, -0.2) is 4.98 Å². The van der Waals surface area contributed by atoms with Gasteiger partial charge in [-0.2, -0.15) is 0 Å². The molecule has 2 heterocycles. The molecule has 1 unspecified atom stereocenters. The molecular formula is C25H24N4S2.